The Kier molecular flexibility index (Phi) is 4.77. The molecular weight excluding hydrogens is 324 g/mol. The van der Waals surface area contributed by atoms with Gasteiger partial charge in [0.15, 0.2) is 0 Å². The Morgan fingerprint density at radius 1 is 1.50 bits per heavy atom. The lowest BCUT2D eigenvalue weighted by Crippen LogP contribution is -2.36. The maximum Gasteiger partial charge on any atom is 0.227 e. The van der Waals surface area contributed by atoms with Gasteiger partial charge in [-0.25, -0.2) is 0 Å². The van der Waals surface area contributed by atoms with Gasteiger partial charge in [-0.2, -0.15) is 0 Å². The van der Waals surface area contributed by atoms with Crippen LogP contribution in [0.2, 0.25) is 0 Å². The fraction of sp³-hybridized carbons (Fsp3) is 0.429. The van der Waals surface area contributed by atoms with Crippen molar-refractivity contribution in [3.05, 3.63) is 28.7 Å². The average Bonchev–Trinajstić information content (AvgIpc) is 2.79. The summed E-state index contributed by atoms with van der Waals surface area (Å²) in [5, 5.41) is 11.8. The van der Waals surface area contributed by atoms with Gasteiger partial charge in [0.1, 0.15) is 0 Å². The average molecular weight is 341 g/mol. The quantitative estimate of drug-likeness (QED) is 0.867. The first-order chi connectivity index (χ1) is 9.47. The lowest BCUT2D eigenvalue weighted by atomic mass is 10.1. The predicted molar refractivity (Wildman–Crippen MR) is 79.3 cm³/mol. The number of carbonyl (C=O) groups excluding carboxylic acids is 2. The molecule has 0 unspecified atom stereocenters. The van der Waals surface area contributed by atoms with E-state index in [2.05, 4.69) is 21.2 Å². The summed E-state index contributed by atoms with van der Waals surface area (Å²) in [5.74, 6) is -0.590. The van der Waals surface area contributed by atoms with Crippen LogP contribution in [0.25, 0.3) is 0 Å². The van der Waals surface area contributed by atoms with E-state index in [1.54, 1.807) is 11.8 Å². The SMILES string of the molecule is C[C@H](O)CNC(=O)[C@H]1CC(=O)N(c2ccc(Br)cc2)C1. The van der Waals surface area contributed by atoms with Crippen molar-refractivity contribution in [1.29, 1.82) is 0 Å². The zero-order valence-corrected chi connectivity index (χ0v) is 12.8. The van der Waals surface area contributed by atoms with Gasteiger partial charge in [0.05, 0.1) is 12.0 Å². The van der Waals surface area contributed by atoms with Crippen LogP contribution >= 0.6 is 15.9 Å². The molecule has 2 atom stereocenters. The van der Waals surface area contributed by atoms with Crippen LogP contribution < -0.4 is 10.2 Å². The molecule has 20 heavy (non-hydrogen) atoms. The highest BCUT2D eigenvalue weighted by molar-refractivity contribution is 9.10. The van der Waals surface area contributed by atoms with Gasteiger partial charge >= 0.3 is 0 Å². The predicted octanol–water partition coefficient (Wildman–Crippen LogP) is 1.30. The van der Waals surface area contributed by atoms with Gasteiger partial charge < -0.3 is 15.3 Å². The first-order valence-corrected chi connectivity index (χ1v) is 7.28. The summed E-state index contributed by atoms with van der Waals surface area (Å²) in [6, 6.07) is 7.42. The molecule has 108 valence electrons. The molecule has 2 rings (SSSR count). The number of aliphatic hydroxyl groups excluding tert-OH is 1. The molecule has 0 aromatic heterocycles. The van der Waals surface area contributed by atoms with E-state index in [9.17, 15) is 9.59 Å². The monoisotopic (exact) mass is 340 g/mol. The number of benzene rings is 1. The van der Waals surface area contributed by atoms with E-state index in [0.717, 1.165) is 10.2 Å². The van der Waals surface area contributed by atoms with Crippen molar-refractivity contribution in [2.45, 2.75) is 19.4 Å². The number of amides is 2. The summed E-state index contributed by atoms with van der Waals surface area (Å²) < 4.78 is 0.944. The Balaban J connectivity index is 2.00. The van der Waals surface area contributed by atoms with Crippen LogP contribution in [0.4, 0.5) is 5.69 Å². The Morgan fingerprint density at radius 3 is 2.75 bits per heavy atom. The van der Waals surface area contributed by atoms with E-state index >= 15 is 0 Å². The van der Waals surface area contributed by atoms with Crippen LogP contribution in [0.1, 0.15) is 13.3 Å². The van der Waals surface area contributed by atoms with Crippen LogP contribution in [-0.4, -0.2) is 36.1 Å². The number of nitrogens with one attached hydrogen (secondary N) is 1. The molecule has 0 spiro atoms. The summed E-state index contributed by atoms with van der Waals surface area (Å²) in [6.07, 6.45) is -0.375. The maximum absolute atomic E-state index is 12.0. The lowest BCUT2D eigenvalue weighted by Gasteiger charge is -2.17. The third-order valence-electron chi connectivity index (χ3n) is 3.21. The van der Waals surface area contributed by atoms with Gasteiger partial charge in [-0.3, -0.25) is 9.59 Å². The van der Waals surface area contributed by atoms with Gasteiger partial charge in [-0.1, -0.05) is 15.9 Å². The minimum absolute atomic E-state index is 0.0514. The summed E-state index contributed by atoms with van der Waals surface area (Å²) >= 11 is 3.35. The van der Waals surface area contributed by atoms with Crippen LogP contribution in [0.3, 0.4) is 0 Å². The number of nitrogens with zero attached hydrogens (tertiary/aromatic N) is 1. The Hall–Kier alpha value is -1.40. The summed E-state index contributed by atoms with van der Waals surface area (Å²) in [7, 11) is 0. The maximum atomic E-state index is 12.0. The number of halogens is 1. The molecule has 1 saturated heterocycles. The van der Waals surface area contributed by atoms with Crippen molar-refractivity contribution >= 4 is 33.4 Å². The van der Waals surface area contributed by atoms with Crippen molar-refractivity contribution in [2.24, 2.45) is 5.92 Å². The minimum atomic E-state index is -0.585. The normalized spacial score (nSPS) is 20.1. The first-order valence-electron chi connectivity index (χ1n) is 6.49. The zero-order valence-electron chi connectivity index (χ0n) is 11.2. The molecule has 0 saturated carbocycles. The molecule has 2 N–H and O–H groups in total. The molecule has 1 heterocycles. The van der Waals surface area contributed by atoms with Crippen molar-refractivity contribution in [3.63, 3.8) is 0 Å². The first kappa shape index (κ1) is 15.0. The second kappa shape index (κ2) is 6.37. The highest BCUT2D eigenvalue weighted by atomic mass is 79.9. The van der Waals surface area contributed by atoms with Gasteiger partial charge in [0.25, 0.3) is 0 Å². The van der Waals surface area contributed by atoms with Gasteiger partial charge in [-0.05, 0) is 31.2 Å². The largest absolute Gasteiger partial charge is 0.392 e. The molecular formula is C14H17BrN2O3. The number of hydrogen-bond acceptors (Lipinski definition) is 3. The van der Waals surface area contributed by atoms with E-state index in [-0.39, 0.29) is 30.7 Å². The van der Waals surface area contributed by atoms with Crippen molar-refractivity contribution in [3.8, 4) is 0 Å². The molecule has 0 aliphatic carbocycles. The third kappa shape index (κ3) is 3.58. The fourth-order valence-electron chi connectivity index (χ4n) is 2.15. The number of hydrogen-bond donors (Lipinski definition) is 2. The van der Waals surface area contributed by atoms with Gasteiger partial charge in [0, 0.05) is 29.7 Å². The third-order valence-corrected chi connectivity index (χ3v) is 3.73. The number of anilines is 1. The smallest absolute Gasteiger partial charge is 0.227 e. The Bertz CT molecular complexity index is 502. The standard InChI is InChI=1S/C14H17BrN2O3/c1-9(18)7-16-14(20)10-6-13(19)17(8-10)12-4-2-11(15)3-5-12/h2-5,9-10,18H,6-8H2,1H3,(H,16,20)/t9-,10-/m0/s1. The van der Waals surface area contributed by atoms with Crippen LogP contribution in [0, 0.1) is 5.92 Å². The Labute approximate surface area is 126 Å². The van der Waals surface area contributed by atoms with E-state index < -0.39 is 6.10 Å². The van der Waals surface area contributed by atoms with E-state index in [1.165, 1.54) is 0 Å². The summed E-state index contributed by atoms with van der Waals surface area (Å²) in [4.78, 5) is 25.5. The molecule has 5 nitrogen and oxygen atoms in total. The van der Waals surface area contributed by atoms with Crippen LogP contribution in [-0.2, 0) is 9.59 Å². The number of rotatable bonds is 4. The van der Waals surface area contributed by atoms with Crippen LogP contribution in [0.5, 0.6) is 0 Å². The van der Waals surface area contributed by atoms with E-state index in [1.807, 2.05) is 24.3 Å². The summed E-state index contributed by atoms with van der Waals surface area (Å²) in [5.41, 5.74) is 0.795. The molecule has 1 aromatic carbocycles. The molecule has 1 fully saturated rings. The Morgan fingerprint density at radius 2 is 2.15 bits per heavy atom. The molecule has 1 aliphatic heterocycles. The van der Waals surface area contributed by atoms with Crippen molar-refractivity contribution in [2.75, 3.05) is 18.0 Å². The minimum Gasteiger partial charge on any atom is -0.392 e. The molecule has 1 aliphatic rings. The van der Waals surface area contributed by atoms with Crippen molar-refractivity contribution in [1.82, 2.24) is 5.32 Å². The number of aliphatic hydroxyl groups is 1. The summed E-state index contributed by atoms with van der Waals surface area (Å²) in [6.45, 7) is 2.20. The molecule has 2 amide bonds. The number of carbonyl (C=O) groups is 2. The van der Waals surface area contributed by atoms with Crippen LogP contribution in [0.15, 0.2) is 28.7 Å². The van der Waals surface area contributed by atoms with E-state index in [4.69, 9.17) is 5.11 Å². The second-order valence-corrected chi connectivity index (χ2v) is 5.89. The highest BCUT2D eigenvalue weighted by Crippen LogP contribution is 2.26. The molecule has 0 radical (unpaired) electrons. The molecule has 6 heteroatoms. The lowest BCUT2D eigenvalue weighted by molar-refractivity contribution is -0.126. The topological polar surface area (TPSA) is 69.6 Å². The highest BCUT2D eigenvalue weighted by Gasteiger charge is 2.34. The molecule has 0 bridgehead atoms. The van der Waals surface area contributed by atoms with Gasteiger partial charge in [0.2, 0.25) is 11.8 Å². The zero-order chi connectivity index (χ0) is 14.7. The van der Waals surface area contributed by atoms with E-state index in [0.29, 0.717) is 6.54 Å². The van der Waals surface area contributed by atoms with Crippen molar-refractivity contribution < 1.29 is 14.7 Å². The van der Waals surface area contributed by atoms with Gasteiger partial charge in [-0.15, -0.1) is 0 Å². The second-order valence-electron chi connectivity index (χ2n) is 4.98. The molecule has 1 aromatic rings. The fourth-order valence-corrected chi connectivity index (χ4v) is 2.41.